The van der Waals surface area contributed by atoms with E-state index in [2.05, 4.69) is 38.5 Å². The summed E-state index contributed by atoms with van der Waals surface area (Å²) < 4.78 is 2.49. The number of hydrogen-bond donors (Lipinski definition) is 0. The highest BCUT2D eigenvalue weighted by atomic mass is 15.1. The van der Waals surface area contributed by atoms with E-state index in [0.717, 1.165) is 0 Å². The number of unbranched alkanes of at least 4 members (excludes halogenated alkanes) is 14. The summed E-state index contributed by atoms with van der Waals surface area (Å²) in [6, 6.07) is 0.593. The van der Waals surface area contributed by atoms with Crippen LogP contribution in [0.15, 0.2) is 12.4 Å². The number of nitrogens with zero attached hydrogens (tertiary/aromatic N) is 2. The number of hydrogen-bond acceptors (Lipinski definition) is 1. The zero-order valence-electron chi connectivity index (χ0n) is 21.1. The molecule has 0 aliphatic carbocycles. The van der Waals surface area contributed by atoms with Crippen LogP contribution >= 0.6 is 0 Å². The second kappa shape index (κ2) is 18.9. The average molecular weight is 419 g/mol. The molecule has 0 aromatic carbocycles. The molecule has 2 heteroatoms. The lowest BCUT2D eigenvalue weighted by molar-refractivity contribution is 0.426. The van der Waals surface area contributed by atoms with Gasteiger partial charge in [-0.3, -0.25) is 0 Å². The predicted molar refractivity (Wildman–Crippen MR) is 134 cm³/mol. The molecule has 1 aromatic heterocycles. The molecule has 2 nitrogen and oxygen atoms in total. The zero-order chi connectivity index (χ0) is 21.9. The Bertz CT molecular complexity index is 479. The first-order chi connectivity index (χ1) is 14.7. The molecule has 1 aromatic rings. The van der Waals surface area contributed by atoms with Gasteiger partial charge >= 0.3 is 0 Å². The van der Waals surface area contributed by atoms with Gasteiger partial charge in [-0.25, -0.2) is 4.98 Å². The van der Waals surface area contributed by atoms with E-state index < -0.39 is 0 Å². The Morgan fingerprint density at radius 1 is 0.667 bits per heavy atom. The van der Waals surface area contributed by atoms with Crippen molar-refractivity contribution in [1.82, 2.24) is 9.55 Å². The Morgan fingerprint density at radius 2 is 1.13 bits per heavy atom. The van der Waals surface area contributed by atoms with E-state index in [1.165, 1.54) is 128 Å². The second-order valence-electron chi connectivity index (χ2n) is 9.67. The summed E-state index contributed by atoms with van der Waals surface area (Å²) in [4.78, 5) is 4.76. The first kappa shape index (κ1) is 27.2. The molecule has 30 heavy (non-hydrogen) atoms. The quantitative estimate of drug-likeness (QED) is 0.182. The van der Waals surface area contributed by atoms with Gasteiger partial charge in [0.25, 0.3) is 0 Å². The molecule has 0 aliphatic heterocycles. The highest BCUT2D eigenvalue weighted by molar-refractivity contribution is 5.02. The fourth-order valence-electron chi connectivity index (χ4n) is 4.77. The van der Waals surface area contributed by atoms with E-state index in [1.54, 1.807) is 0 Å². The summed E-state index contributed by atoms with van der Waals surface area (Å²) in [5.41, 5.74) is 0. The van der Waals surface area contributed by atoms with Crippen molar-refractivity contribution in [2.45, 2.75) is 162 Å². The fourth-order valence-corrected chi connectivity index (χ4v) is 4.77. The minimum absolute atomic E-state index is 0.593. The summed E-state index contributed by atoms with van der Waals surface area (Å²) in [6.45, 7) is 9.31. The van der Waals surface area contributed by atoms with Crippen LogP contribution < -0.4 is 0 Å². The summed E-state index contributed by atoms with van der Waals surface area (Å²) in [6.07, 6.45) is 30.7. The van der Waals surface area contributed by atoms with Gasteiger partial charge in [-0.05, 0) is 26.2 Å². The van der Waals surface area contributed by atoms with Crippen molar-refractivity contribution in [2.24, 2.45) is 0 Å². The normalized spacial score (nSPS) is 13.6. The molecule has 1 heterocycles. The third-order valence-corrected chi connectivity index (χ3v) is 6.91. The largest absolute Gasteiger partial charge is 0.332 e. The summed E-state index contributed by atoms with van der Waals surface area (Å²) in [5, 5.41) is 0. The molecule has 2 atom stereocenters. The number of aromatic nitrogens is 2. The highest BCUT2D eigenvalue weighted by Gasteiger charge is 2.17. The zero-order valence-corrected chi connectivity index (χ0v) is 21.1. The van der Waals surface area contributed by atoms with Gasteiger partial charge in [0, 0.05) is 24.4 Å². The summed E-state index contributed by atoms with van der Waals surface area (Å²) in [5.74, 6) is 1.98. The lowest BCUT2D eigenvalue weighted by Crippen LogP contribution is -2.12. The van der Waals surface area contributed by atoms with Crippen LogP contribution in [0.2, 0.25) is 0 Å². The van der Waals surface area contributed by atoms with Crippen molar-refractivity contribution in [1.29, 1.82) is 0 Å². The van der Waals surface area contributed by atoms with Gasteiger partial charge in [-0.1, -0.05) is 124 Å². The van der Waals surface area contributed by atoms with Gasteiger partial charge in [0.15, 0.2) is 0 Å². The molecule has 0 saturated heterocycles. The van der Waals surface area contributed by atoms with Crippen LogP contribution in [0.3, 0.4) is 0 Å². The molecule has 0 fully saturated rings. The standard InChI is InChI=1S/C28H54N2/c1-5-8-10-11-12-13-14-15-16-17-18-19-21-22-26(4)30-25-24-29-28(30)27(7-3)23-20-9-6-2/h24-27H,5-23H2,1-4H3. The van der Waals surface area contributed by atoms with Crippen LogP contribution in [0.4, 0.5) is 0 Å². The molecule has 0 bridgehead atoms. The Morgan fingerprint density at radius 3 is 1.67 bits per heavy atom. The predicted octanol–water partition coefficient (Wildman–Crippen LogP) is 10.00. The van der Waals surface area contributed by atoms with Crippen LogP contribution in [0.1, 0.15) is 167 Å². The van der Waals surface area contributed by atoms with Gasteiger partial charge in [-0.15, -0.1) is 0 Å². The lowest BCUT2D eigenvalue weighted by Gasteiger charge is -2.21. The van der Waals surface area contributed by atoms with Crippen LogP contribution in [-0.4, -0.2) is 9.55 Å². The van der Waals surface area contributed by atoms with Crippen molar-refractivity contribution >= 4 is 0 Å². The van der Waals surface area contributed by atoms with E-state index in [0.29, 0.717) is 12.0 Å². The first-order valence-corrected chi connectivity index (χ1v) is 13.8. The molecule has 0 amide bonds. The van der Waals surface area contributed by atoms with E-state index in [9.17, 15) is 0 Å². The molecule has 1 rings (SSSR count). The monoisotopic (exact) mass is 418 g/mol. The summed E-state index contributed by atoms with van der Waals surface area (Å²) >= 11 is 0. The van der Waals surface area contributed by atoms with E-state index in [-0.39, 0.29) is 0 Å². The van der Waals surface area contributed by atoms with Crippen LogP contribution in [0, 0.1) is 0 Å². The van der Waals surface area contributed by atoms with E-state index in [4.69, 9.17) is 4.98 Å². The van der Waals surface area contributed by atoms with Crippen molar-refractivity contribution in [2.75, 3.05) is 0 Å². The van der Waals surface area contributed by atoms with Crippen LogP contribution in [-0.2, 0) is 0 Å². The molecular formula is C28H54N2. The lowest BCUT2D eigenvalue weighted by atomic mass is 9.97. The molecule has 0 radical (unpaired) electrons. The maximum Gasteiger partial charge on any atom is 0.111 e. The number of rotatable bonds is 21. The molecular weight excluding hydrogens is 364 g/mol. The molecule has 0 aliphatic rings. The van der Waals surface area contributed by atoms with Crippen molar-refractivity contribution in [3.63, 3.8) is 0 Å². The van der Waals surface area contributed by atoms with Gasteiger partial charge in [0.05, 0.1) is 0 Å². The number of imidazole rings is 1. The van der Waals surface area contributed by atoms with E-state index >= 15 is 0 Å². The third kappa shape index (κ3) is 12.2. The molecule has 176 valence electrons. The molecule has 0 N–H and O–H groups in total. The molecule has 0 spiro atoms. The minimum Gasteiger partial charge on any atom is -0.332 e. The molecule has 0 saturated carbocycles. The first-order valence-electron chi connectivity index (χ1n) is 13.8. The maximum absolute atomic E-state index is 4.76. The van der Waals surface area contributed by atoms with Crippen LogP contribution in [0.5, 0.6) is 0 Å². The third-order valence-electron chi connectivity index (χ3n) is 6.91. The Kier molecular flexibility index (Phi) is 17.2. The maximum atomic E-state index is 4.76. The Balaban J connectivity index is 2.11. The topological polar surface area (TPSA) is 17.8 Å². The van der Waals surface area contributed by atoms with Gasteiger partial charge in [0.2, 0.25) is 0 Å². The Labute approximate surface area is 189 Å². The van der Waals surface area contributed by atoms with Gasteiger partial charge < -0.3 is 4.57 Å². The van der Waals surface area contributed by atoms with Gasteiger partial charge in [0.1, 0.15) is 5.82 Å². The second-order valence-corrected chi connectivity index (χ2v) is 9.67. The van der Waals surface area contributed by atoms with Crippen molar-refractivity contribution < 1.29 is 0 Å². The van der Waals surface area contributed by atoms with E-state index in [1.807, 2.05) is 6.20 Å². The minimum atomic E-state index is 0.593. The summed E-state index contributed by atoms with van der Waals surface area (Å²) in [7, 11) is 0. The smallest absolute Gasteiger partial charge is 0.111 e. The van der Waals surface area contributed by atoms with Crippen molar-refractivity contribution in [3.05, 3.63) is 18.2 Å². The Hall–Kier alpha value is -0.790. The SMILES string of the molecule is CCCCCCCCCCCCCCCC(C)n1ccnc1C(CC)CCCCC. The highest BCUT2D eigenvalue weighted by Crippen LogP contribution is 2.28. The average Bonchev–Trinajstić information content (AvgIpc) is 3.24. The van der Waals surface area contributed by atoms with Gasteiger partial charge in [-0.2, -0.15) is 0 Å². The van der Waals surface area contributed by atoms with Crippen LogP contribution in [0.25, 0.3) is 0 Å². The van der Waals surface area contributed by atoms with Crippen molar-refractivity contribution in [3.8, 4) is 0 Å². The fraction of sp³-hybridized carbons (Fsp3) is 0.893. The molecule has 2 unspecified atom stereocenters.